The minimum Gasteiger partial charge on any atom is -0.316 e. The monoisotopic (exact) mass is 382 g/mol. The number of nitrogens with one attached hydrogen (secondary N) is 1. The number of unbranched alkanes of at least 4 members (excludes halogenated alkanes) is 5. The van der Waals surface area contributed by atoms with Gasteiger partial charge in [0.2, 0.25) is 5.91 Å². The van der Waals surface area contributed by atoms with E-state index < -0.39 is 0 Å². The fourth-order valence-corrected chi connectivity index (χ4v) is 4.67. The van der Waals surface area contributed by atoms with Gasteiger partial charge in [0.05, 0.1) is 5.71 Å². The van der Waals surface area contributed by atoms with Crippen molar-refractivity contribution in [1.82, 2.24) is 0 Å². The minimum atomic E-state index is -0.0236. The number of carbonyl (C=O) groups is 1. The van der Waals surface area contributed by atoms with Crippen LogP contribution in [0.15, 0.2) is 29.3 Å². The molecule has 3 rings (SSSR count). The quantitative estimate of drug-likeness (QED) is 0.554. The molecule has 0 fully saturated rings. The summed E-state index contributed by atoms with van der Waals surface area (Å²) in [6.45, 7) is 6.70. The number of benzene rings is 1. The first kappa shape index (κ1) is 19.8. The van der Waals surface area contributed by atoms with E-state index in [1.165, 1.54) is 54.5 Å². The lowest BCUT2D eigenvalue weighted by Crippen LogP contribution is -2.12. The van der Waals surface area contributed by atoms with Gasteiger partial charge in [-0.15, -0.1) is 11.3 Å². The Morgan fingerprint density at radius 3 is 2.67 bits per heavy atom. The molecule has 1 N–H and O–H groups in total. The Labute approximate surface area is 166 Å². The third-order valence-corrected chi connectivity index (χ3v) is 6.42. The van der Waals surface area contributed by atoms with Gasteiger partial charge in [0.25, 0.3) is 0 Å². The number of aryl methyl sites for hydroxylation is 2. The second-order valence-corrected chi connectivity index (χ2v) is 8.57. The third-order valence-electron chi connectivity index (χ3n) is 5.31. The zero-order valence-electron chi connectivity index (χ0n) is 16.7. The molecule has 1 aromatic heterocycles. The topological polar surface area (TPSA) is 41.5 Å². The second kappa shape index (κ2) is 9.32. The lowest BCUT2D eigenvalue weighted by Gasteiger charge is -2.10. The molecule has 0 unspecified atom stereocenters. The highest BCUT2D eigenvalue weighted by atomic mass is 32.1. The van der Waals surface area contributed by atoms with Gasteiger partial charge in [-0.1, -0.05) is 57.2 Å². The summed E-state index contributed by atoms with van der Waals surface area (Å²) in [5, 5.41) is 4.02. The Bertz CT molecular complexity index is 835. The zero-order chi connectivity index (χ0) is 19.2. The predicted molar refractivity (Wildman–Crippen MR) is 116 cm³/mol. The highest BCUT2D eigenvalue weighted by Gasteiger charge is 2.22. The number of hydrogen-bond acceptors (Lipinski definition) is 3. The zero-order valence-corrected chi connectivity index (χ0v) is 17.5. The minimum absolute atomic E-state index is 0.0236. The molecule has 1 aliphatic rings. The van der Waals surface area contributed by atoms with Gasteiger partial charge in [0.15, 0.2) is 0 Å². The van der Waals surface area contributed by atoms with Crippen LogP contribution in [0, 0.1) is 13.8 Å². The summed E-state index contributed by atoms with van der Waals surface area (Å²) in [5.74, 6) is -0.0236. The Kier molecular flexibility index (Phi) is 6.84. The van der Waals surface area contributed by atoms with Gasteiger partial charge in [-0.25, -0.2) is 0 Å². The van der Waals surface area contributed by atoms with Gasteiger partial charge in [-0.2, -0.15) is 0 Å². The van der Waals surface area contributed by atoms with Crippen molar-refractivity contribution < 1.29 is 4.79 Å². The standard InChI is InChI=1S/C23H30N2OS/c1-4-5-6-7-8-9-12-18-14-20-22(19-13-10-11-16(2)17(19)3)24-15-21(26)25-23(20)27-18/h10-11,13-14H,4-9,12,15H2,1-3H3,(H,25,26). The van der Waals surface area contributed by atoms with E-state index in [1.807, 2.05) is 0 Å². The SMILES string of the molecule is CCCCCCCCc1cc2c(s1)NC(=O)CN=C2c1cccc(C)c1C. The average molecular weight is 383 g/mol. The molecule has 1 aromatic carbocycles. The number of amides is 1. The summed E-state index contributed by atoms with van der Waals surface area (Å²) in [6.07, 6.45) is 8.88. The van der Waals surface area contributed by atoms with E-state index in [9.17, 15) is 4.79 Å². The average Bonchev–Trinajstić information content (AvgIpc) is 2.97. The van der Waals surface area contributed by atoms with E-state index in [0.717, 1.165) is 28.3 Å². The number of rotatable bonds is 8. The van der Waals surface area contributed by atoms with E-state index in [0.29, 0.717) is 0 Å². The highest BCUT2D eigenvalue weighted by Crippen LogP contribution is 2.34. The molecule has 0 saturated heterocycles. The fourth-order valence-electron chi connectivity index (χ4n) is 3.55. The number of carbonyl (C=O) groups excluding carboxylic acids is 1. The van der Waals surface area contributed by atoms with E-state index in [2.05, 4.69) is 55.3 Å². The van der Waals surface area contributed by atoms with Crippen molar-refractivity contribution in [2.45, 2.75) is 65.7 Å². The van der Waals surface area contributed by atoms with Crippen molar-refractivity contribution in [1.29, 1.82) is 0 Å². The Balaban J connectivity index is 1.80. The summed E-state index contributed by atoms with van der Waals surface area (Å²) < 4.78 is 0. The number of nitrogens with zero attached hydrogens (tertiary/aromatic N) is 1. The van der Waals surface area contributed by atoms with Gasteiger partial charge in [0.1, 0.15) is 11.5 Å². The van der Waals surface area contributed by atoms with Crippen LogP contribution < -0.4 is 5.32 Å². The van der Waals surface area contributed by atoms with E-state index in [4.69, 9.17) is 0 Å². The molecule has 0 spiro atoms. The molecule has 0 bridgehead atoms. The molecular weight excluding hydrogens is 352 g/mol. The van der Waals surface area contributed by atoms with Crippen molar-refractivity contribution in [3.05, 3.63) is 51.4 Å². The maximum absolute atomic E-state index is 12.1. The Morgan fingerprint density at radius 1 is 1.07 bits per heavy atom. The molecule has 0 aliphatic carbocycles. The maximum atomic E-state index is 12.1. The first-order chi connectivity index (χ1) is 13.1. The van der Waals surface area contributed by atoms with Gasteiger partial charge < -0.3 is 5.32 Å². The van der Waals surface area contributed by atoms with Crippen molar-refractivity contribution >= 4 is 28.0 Å². The molecule has 144 valence electrons. The molecule has 4 heteroatoms. The van der Waals surface area contributed by atoms with Crippen LogP contribution in [-0.4, -0.2) is 18.2 Å². The number of aliphatic imine (C=N–C) groups is 1. The van der Waals surface area contributed by atoms with Gasteiger partial charge in [-0.05, 0) is 43.9 Å². The van der Waals surface area contributed by atoms with Crippen LogP contribution in [0.4, 0.5) is 5.00 Å². The lowest BCUT2D eigenvalue weighted by atomic mass is 9.96. The number of hydrogen-bond donors (Lipinski definition) is 1. The molecule has 2 aromatic rings. The molecule has 3 nitrogen and oxygen atoms in total. The van der Waals surface area contributed by atoms with Crippen molar-refractivity contribution in [2.24, 2.45) is 4.99 Å². The van der Waals surface area contributed by atoms with Gasteiger partial charge >= 0.3 is 0 Å². The first-order valence-corrected chi connectivity index (χ1v) is 11.0. The largest absolute Gasteiger partial charge is 0.316 e. The van der Waals surface area contributed by atoms with Gasteiger partial charge in [-0.3, -0.25) is 9.79 Å². The van der Waals surface area contributed by atoms with Crippen LogP contribution in [0.2, 0.25) is 0 Å². The molecule has 1 aliphatic heterocycles. The third kappa shape index (κ3) is 4.86. The Morgan fingerprint density at radius 2 is 1.85 bits per heavy atom. The first-order valence-electron chi connectivity index (χ1n) is 10.1. The second-order valence-electron chi connectivity index (χ2n) is 7.43. The highest BCUT2D eigenvalue weighted by molar-refractivity contribution is 7.16. The fraction of sp³-hybridized carbons (Fsp3) is 0.478. The van der Waals surface area contributed by atoms with Crippen LogP contribution in [0.25, 0.3) is 0 Å². The van der Waals surface area contributed by atoms with Crippen LogP contribution in [0.3, 0.4) is 0 Å². The smallest absolute Gasteiger partial charge is 0.246 e. The maximum Gasteiger partial charge on any atom is 0.246 e. The summed E-state index contributed by atoms with van der Waals surface area (Å²) >= 11 is 1.72. The molecule has 0 saturated carbocycles. The lowest BCUT2D eigenvalue weighted by molar-refractivity contribution is -0.114. The molecule has 27 heavy (non-hydrogen) atoms. The van der Waals surface area contributed by atoms with E-state index in [-0.39, 0.29) is 12.5 Å². The van der Waals surface area contributed by atoms with Crippen LogP contribution >= 0.6 is 11.3 Å². The number of fused-ring (bicyclic) bond motifs is 1. The predicted octanol–water partition coefficient (Wildman–Crippen LogP) is 6.06. The summed E-state index contributed by atoms with van der Waals surface area (Å²) in [6, 6.07) is 8.56. The Hall–Kier alpha value is -1.94. The molecule has 1 amide bonds. The number of thiophene rings is 1. The van der Waals surface area contributed by atoms with Crippen molar-refractivity contribution in [3.8, 4) is 0 Å². The summed E-state index contributed by atoms with van der Waals surface area (Å²) in [5.41, 5.74) is 5.66. The van der Waals surface area contributed by atoms with Crippen LogP contribution in [-0.2, 0) is 11.2 Å². The molecule has 2 heterocycles. The molecule has 0 atom stereocenters. The van der Waals surface area contributed by atoms with E-state index >= 15 is 0 Å². The van der Waals surface area contributed by atoms with Crippen LogP contribution in [0.5, 0.6) is 0 Å². The number of anilines is 1. The molecular formula is C23H30N2OS. The normalized spacial score (nSPS) is 13.7. The van der Waals surface area contributed by atoms with Crippen molar-refractivity contribution in [2.75, 3.05) is 11.9 Å². The van der Waals surface area contributed by atoms with E-state index in [1.54, 1.807) is 11.3 Å². The van der Waals surface area contributed by atoms with Gasteiger partial charge in [0, 0.05) is 16.0 Å². The van der Waals surface area contributed by atoms with Crippen molar-refractivity contribution in [3.63, 3.8) is 0 Å². The molecule has 0 radical (unpaired) electrons. The summed E-state index contributed by atoms with van der Waals surface area (Å²) in [7, 11) is 0. The van der Waals surface area contributed by atoms with Crippen LogP contribution in [0.1, 0.15) is 72.6 Å². The summed E-state index contributed by atoms with van der Waals surface area (Å²) in [4.78, 5) is 18.1.